The molecule has 1 aliphatic rings. The van der Waals surface area contributed by atoms with Crippen LogP contribution in [0.4, 0.5) is 5.69 Å². The van der Waals surface area contributed by atoms with Crippen molar-refractivity contribution in [2.75, 3.05) is 27.6 Å². The van der Waals surface area contributed by atoms with Crippen molar-refractivity contribution in [2.24, 2.45) is 0 Å². The lowest BCUT2D eigenvalue weighted by Gasteiger charge is -2.23. The lowest BCUT2D eigenvalue weighted by Crippen LogP contribution is -2.32. The van der Waals surface area contributed by atoms with Gasteiger partial charge in [-0.1, -0.05) is 18.2 Å². The highest BCUT2D eigenvalue weighted by Crippen LogP contribution is 2.33. The van der Waals surface area contributed by atoms with E-state index in [4.69, 9.17) is 18.9 Å². The minimum Gasteiger partial charge on any atom is -0.493 e. The van der Waals surface area contributed by atoms with Gasteiger partial charge in [0, 0.05) is 30.8 Å². The number of nitrogens with zero attached hydrogens (tertiary/aromatic N) is 2. The topological polar surface area (TPSA) is 100 Å². The van der Waals surface area contributed by atoms with Gasteiger partial charge in [0.2, 0.25) is 6.79 Å². The number of hydrogen-bond acceptors (Lipinski definition) is 7. The standard InChI is InChI=1S/C25H24N2O7/c1-31-21-8-6-17(12-23(21)32-2)10-11-26(15-18-7-9-22-24(13-18)34-16-33-22)25(28)19-4-3-5-20(14-19)27(29)30/h3-9,12-14H,10-11,15-16H2,1-2H3. The number of amides is 1. The van der Waals surface area contributed by atoms with Crippen LogP contribution in [0.15, 0.2) is 60.7 Å². The summed E-state index contributed by atoms with van der Waals surface area (Å²) >= 11 is 0. The number of rotatable bonds is 9. The van der Waals surface area contributed by atoms with Gasteiger partial charge in [-0.25, -0.2) is 0 Å². The number of carbonyl (C=O) groups excluding carboxylic acids is 1. The second-order valence-corrected chi connectivity index (χ2v) is 7.66. The smallest absolute Gasteiger partial charge is 0.270 e. The van der Waals surface area contributed by atoms with Crippen LogP contribution in [0.25, 0.3) is 0 Å². The van der Waals surface area contributed by atoms with Gasteiger partial charge in [0.05, 0.1) is 19.1 Å². The largest absolute Gasteiger partial charge is 0.493 e. The van der Waals surface area contributed by atoms with Gasteiger partial charge in [-0.2, -0.15) is 0 Å². The highest BCUT2D eigenvalue weighted by molar-refractivity contribution is 5.94. The Balaban J connectivity index is 1.59. The number of nitro groups is 1. The molecular formula is C25H24N2O7. The monoisotopic (exact) mass is 464 g/mol. The molecule has 9 nitrogen and oxygen atoms in total. The molecule has 0 saturated carbocycles. The van der Waals surface area contributed by atoms with Gasteiger partial charge in [0.1, 0.15) is 0 Å². The quantitative estimate of drug-likeness (QED) is 0.345. The molecule has 1 amide bonds. The van der Waals surface area contributed by atoms with E-state index >= 15 is 0 Å². The Morgan fingerprint density at radius 3 is 2.50 bits per heavy atom. The first kappa shape index (κ1) is 22.9. The van der Waals surface area contributed by atoms with Gasteiger partial charge >= 0.3 is 0 Å². The first-order chi connectivity index (χ1) is 16.5. The zero-order valence-corrected chi connectivity index (χ0v) is 18.9. The Hall–Kier alpha value is -4.27. The van der Waals surface area contributed by atoms with Gasteiger partial charge in [0.25, 0.3) is 11.6 Å². The summed E-state index contributed by atoms with van der Waals surface area (Å²) < 4.78 is 21.5. The summed E-state index contributed by atoms with van der Waals surface area (Å²) in [6.07, 6.45) is 0.547. The van der Waals surface area contributed by atoms with Crippen molar-refractivity contribution in [3.63, 3.8) is 0 Å². The minimum absolute atomic E-state index is 0.131. The second-order valence-electron chi connectivity index (χ2n) is 7.66. The van der Waals surface area contributed by atoms with Crippen LogP contribution in [0.3, 0.4) is 0 Å². The predicted molar refractivity (Wildman–Crippen MR) is 124 cm³/mol. The average molecular weight is 464 g/mol. The highest BCUT2D eigenvalue weighted by Gasteiger charge is 2.21. The summed E-state index contributed by atoms with van der Waals surface area (Å²) in [5.74, 6) is 2.20. The summed E-state index contributed by atoms with van der Waals surface area (Å²) in [5, 5.41) is 11.2. The Morgan fingerprint density at radius 2 is 1.74 bits per heavy atom. The van der Waals surface area contributed by atoms with Crippen molar-refractivity contribution in [1.82, 2.24) is 4.90 Å². The van der Waals surface area contributed by atoms with Crippen molar-refractivity contribution >= 4 is 11.6 Å². The molecular weight excluding hydrogens is 440 g/mol. The molecule has 1 aliphatic heterocycles. The molecule has 0 aromatic heterocycles. The molecule has 0 spiro atoms. The summed E-state index contributed by atoms with van der Waals surface area (Å²) in [4.78, 5) is 25.8. The van der Waals surface area contributed by atoms with Crippen LogP contribution in [0.1, 0.15) is 21.5 Å². The number of carbonyl (C=O) groups is 1. The molecule has 4 rings (SSSR count). The summed E-state index contributed by atoms with van der Waals surface area (Å²) in [5.41, 5.74) is 1.94. The van der Waals surface area contributed by atoms with Crippen LogP contribution < -0.4 is 18.9 Å². The minimum atomic E-state index is -0.511. The number of fused-ring (bicyclic) bond motifs is 1. The first-order valence-corrected chi connectivity index (χ1v) is 10.6. The third kappa shape index (κ3) is 5.03. The molecule has 0 atom stereocenters. The normalized spacial score (nSPS) is 11.7. The van der Waals surface area contributed by atoms with Crippen molar-refractivity contribution < 1.29 is 28.7 Å². The van der Waals surface area contributed by atoms with Gasteiger partial charge < -0.3 is 23.8 Å². The molecule has 0 aliphatic carbocycles. The van der Waals surface area contributed by atoms with E-state index in [1.54, 1.807) is 25.2 Å². The van der Waals surface area contributed by atoms with Gasteiger partial charge in [-0.15, -0.1) is 0 Å². The molecule has 0 fully saturated rings. The molecule has 0 bridgehead atoms. The maximum Gasteiger partial charge on any atom is 0.270 e. The number of hydrogen-bond donors (Lipinski definition) is 0. The maximum absolute atomic E-state index is 13.4. The van der Waals surface area contributed by atoms with Crippen molar-refractivity contribution in [3.8, 4) is 23.0 Å². The first-order valence-electron chi connectivity index (χ1n) is 10.6. The van der Waals surface area contributed by atoms with E-state index in [2.05, 4.69) is 0 Å². The highest BCUT2D eigenvalue weighted by atomic mass is 16.7. The fourth-order valence-corrected chi connectivity index (χ4v) is 3.75. The predicted octanol–water partition coefficient (Wildman–Crippen LogP) is 4.23. The zero-order valence-electron chi connectivity index (χ0n) is 18.9. The summed E-state index contributed by atoms with van der Waals surface area (Å²) in [6.45, 7) is 0.839. The molecule has 0 N–H and O–H groups in total. The van der Waals surface area contributed by atoms with Crippen LogP contribution >= 0.6 is 0 Å². The van der Waals surface area contributed by atoms with Crippen molar-refractivity contribution in [1.29, 1.82) is 0 Å². The van der Waals surface area contributed by atoms with E-state index < -0.39 is 4.92 Å². The number of methoxy groups -OCH3 is 2. The Morgan fingerprint density at radius 1 is 0.971 bits per heavy atom. The lowest BCUT2D eigenvalue weighted by atomic mass is 10.1. The fourth-order valence-electron chi connectivity index (χ4n) is 3.75. The molecule has 176 valence electrons. The molecule has 3 aromatic carbocycles. The zero-order chi connectivity index (χ0) is 24.1. The van der Waals surface area contributed by atoms with Crippen LogP contribution in [-0.2, 0) is 13.0 Å². The van der Waals surface area contributed by atoms with E-state index in [1.165, 1.54) is 18.2 Å². The molecule has 0 radical (unpaired) electrons. The average Bonchev–Trinajstić information content (AvgIpc) is 3.34. The Bertz CT molecular complexity index is 1210. The van der Waals surface area contributed by atoms with Crippen molar-refractivity contribution in [2.45, 2.75) is 13.0 Å². The Labute approximate surface area is 196 Å². The van der Waals surface area contributed by atoms with Gasteiger partial charge in [-0.05, 0) is 47.9 Å². The molecule has 0 unspecified atom stereocenters. The molecule has 34 heavy (non-hydrogen) atoms. The van der Waals surface area contributed by atoms with E-state index in [-0.39, 0.29) is 24.0 Å². The van der Waals surface area contributed by atoms with Crippen molar-refractivity contribution in [3.05, 3.63) is 87.5 Å². The number of nitro benzene ring substituents is 1. The molecule has 1 heterocycles. The van der Waals surface area contributed by atoms with E-state index in [0.29, 0.717) is 42.5 Å². The number of benzene rings is 3. The summed E-state index contributed by atoms with van der Waals surface area (Å²) in [6, 6.07) is 16.9. The van der Waals surface area contributed by atoms with Crippen LogP contribution in [-0.4, -0.2) is 43.3 Å². The third-order valence-corrected chi connectivity index (χ3v) is 5.52. The molecule has 9 heteroatoms. The SMILES string of the molecule is COc1ccc(CCN(Cc2ccc3c(c2)OCO3)C(=O)c2cccc([N+](=O)[O-])c2)cc1OC. The molecule has 0 saturated heterocycles. The van der Waals surface area contributed by atoms with Crippen LogP contribution in [0.2, 0.25) is 0 Å². The van der Waals surface area contributed by atoms with Crippen LogP contribution in [0, 0.1) is 10.1 Å². The van der Waals surface area contributed by atoms with Gasteiger partial charge in [0.15, 0.2) is 23.0 Å². The number of non-ortho nitro benzene ring substituents is 1. The Kier molecular flexibility index (Phi) is 6.82. The number of ether oxygens (including phenoxy) is 4. The van der Waals surface area contributed by atoms with Crippen LogP contribution in [0.5, 0.6) is 23.0 Å². The second kappa shape index (κ2) is 10.1. The lowest BCUT2D eigenvalue weighted by molar-refractivity contribution is -0.384. The fraction of sp³-hybridized carbons (Fsp3) is 0.240. The van der Waals surface area contributed by atoms with E-state index in [9.17, 15) is 14.9 Å². The van der Waals surface area contributed by atoms with Gasteiger partial charge in [-0.3, -0.25) is 14.9 Å². The maximum atomic E-state index is 13.4. The summed E-state index contributed by atoms with van der Waals surface area (Å²) in [7, 11) is 3.14. The van der Waals surface area contributed by atoms with E-state index in [0.717, 1.165) is 11.1 Å². The molecule has 3 aromatic rings. The van der Waals surface area contributed by atoms with E-state index in [1.807, 2.05) is 36.4 Å². The third-order valence-electron chi connectivity index (χ3n) is 5.52.